The molecule has 0 aromatic heterocycles. The molecule has 0 spiro atoms. The summed E-state index contributed by atoms with van der Waals surface area (Å²) in [4.78, 5) is 11.9. The highest BCUT2D eigenvalue weighted by Gasteiger charge is 2.05. The van der Waals surface area contributed by atoms with Crippen molar-refractivity contribution >= 4 is 17.5 Å². The fourth-order valence-corrected chi connectivity index (χ4v) is 2.09. The van der Waals surface area contributed by atoms with Gasteiger partial charge in [0, 0.05) is 18.0 Å². The van der Waals surface area contributed by atoms with Crippen molar-refractivity contribution in [3.05, 3.63) is 35.4 Å². The van der Waals surface area contributed by atoms with Crippen LogP contribution < -0.4 is 5.32 Å². The first-order valence-electron chi connectivity index (χ1n) is 7.09. The molecule has 19 heavy (non-hydrogen) atoms. The predicted octanol–water partition coefficient (Wildman–Crippen LogP) is 4.34. The molecule has 0 aliphatic carbocycles. The van der Waals surface area contributed by atoms with E-state index in [0.29, 0.717) is 5.92 Å². The normalized spacial score (nSPS) is 10.7. The highest BCUT2D eigenvalue weighted by Crippen LogP contribution is 2.14. The number of amides is 1. The minimum absolute atomic E-state index is 0.0210. The molecule has 106 valence electrons. The molecule has 3 heteroatoms. The molecule has 0 radical (unpaired) electrons. The van der Waals surface area contributed by atoms with Crippen molar-refractivity contribution in [1.29, 1.82) is 0 Å². The second kappa shape index (κ2) is 8.98. The molecule has 0 atom stereocenters. The third-order valence-corrected chi connectivity index (χ3v) is 3.45. The van der Waals surface area contributed by atoms with Crippen molar-refractivity contribution in [2.24, 2.45) is 0 Å². The van der Waals surface area contributed by atoms with Gasteiger partial charge in [-0.1, -0.05) is 38.8 Å². The lowest BCUT2D eigenvalue weighted by Crippen LogP contribution is -2.24. The van der Waals surface area contributed by atoms with E-state index in [1.807, 2.05) is 24.3 Å². The highest BCUT2D eigenvalue weighted by atomic mass is 35.5. The molecule has 1 aromatic rings. The van der Waals surface area contributed by atoms with Crippen LogP contribution in [0.1, 0.15) is 61.4 Å². The van der Waals surface area contributed by atoms with Gasteiger partial charge in [-0.15, -0.1) is 11.6 Å². The van der Waals surface area contributed by atoms with E-state index in [2.05, 4.69) is 19.2 Å². The fourth-order valence-electron chi connectivity index (χ4n) is 1.90. The van der Waals surface area contributed by atoms with Crippen LogP contribution in [-0.4, -0.2) is 18.3 Å². The number of rotatable bonds is 8. The molecule has 0 bridgehead atoms. The summed E-state index contributed by atoms with van der Waals surface area (Å²) in [6.45, 7) is 5.04. The first-order valence-corrected chi connectivity index (χ1v) is 7.62. The van der Waals surface area contributed by atoms with Crippen LogP contribution in [0.25, 0.3) is 0 Å². The number of hydrogen-bond donors (Lipinski definition) is 1. The standard InChI is InChI=1S/C16H24ClNO/c1-13(2)14-7-9-15(10-8-14)16(19)18-12-6-4-3-5-11-17/h7-10,13H,3-6,11-12H2,1-2H3,(H,18,19). The van der Waals surface area contributed by atoms with Crippen LogP contribution in [0.2, 0.25) is 0 Å². The lowest BCUT2D eigenvalue weighted by Gasteiger charge is -2.08. The third-order valence-electron chi connectivity index (χ3n) is 3.19. The van der Waals surface area contributed by atoms with Gasteiger partial charge in [0.05, 0.1) is 0 Å². The number of unbranched alkanes of at least 4 members (excludes halogenated alkanes) is 3. The van der Waals surface area contributed by atoms with Crippen molar-refractivity contribution in [3.63, 3.8) is 0 Å². The Morgan fingerprint density at radius 1 is 1.11 bits per heavy atom. The van der Waals surface area contributed by atoms with Gasteiger partial charge >= 0.3 is 0 Å². The van der Waals surface area contributed by atoms with E-state index < -0.39 is 0 Å². The van der Waals surface area contributed by atoms with Gasteiger partial charge < -0.3 is 5.32 Å². The van der Waals surface area contributed by atoms with E-state index in [0.717, 1.165) is 43.7 Å². The van der Waals surface area contributed by atoms with E-state index in [1.54, 1.807) is 0 Å². The monoisotopic (exact) mass is 281 g/mol. The molecule has 0 unspecified atom stereocenters. The molecular weight excluding hydrogens is 258 g/mol. The molecule has 1 rings (SSSR count). The van der Waals surface area contributed by atoms with Gasteiger partial charge in [0.2, 0.25) is 0 Å². The average molecular weight is 282 g/mol. The van der Waals surface area contributed by atoms with Gasteiger partial charge in [-0.3, -0.25) is 4.79 Å². The van der Waals surface area contributed by atoms with Crippen molar-refractivity contribution in [1.82, 2.24) is 5.32 Å². The number of carbonyl (C=O) groups is 1. The van der Waals surface area contributed by atoms with Crippen LogP contribution in [0.3, 0.4) is 0 Å². The van der Waals surface area contributed by atoms with Crippen LogP contribution in [0, 0.1) is 0 Å². The maximum atomic E-state index is 11.9. The summed E-state index contributed by atoms with van der Waals surface area (Å²) >= 11 is 5.61. The Bertz CT molecular complexity index is 373. The number of halogens is 1. The summed E-state index contributed by atoms with van der Waals surface area (Å²) in [5, 5.41) is 2.95. The Hall–Kier alpha value is -1.02. The summed E-state index contributed by atoms with van der Waals surface area (Å²) in [6.07, 6.45) is 4.35. The summed E-state index contributed by atoms with van der Waals surface area (Å²) in [7, 11) is 0. The number of hydrogen-bond acceptors (Lipinski definition) is 1. The van der Waals surface area contributed by atoms with Gasteiger partial charge in [0.15, 0.2) is 0 Å². The summed E-state index contributed by atoms with van der Waals surface area (Å²) < 4.78 is 0. The van der Waals surface area contributed by atoms with E-state index in [-0.39, 0.29) is 5.91 Å². The van der Waals surface area contributed by atoms with Crippen LogP contribution in [0.15, 0.2) is 24.3 Å². The van der Waals surface area contributed by atoms with Gasteiger partial charge in [-0.2, -0.15) is 0 Å². The van der Waals surface area contributed by atoms with Crippen molar-refractivity contribution in [3.8, 4) is 0 Å². The number of nitrogens with one attached hydrogen (secondary N) is 1. The Morgan fingerprint density at radius 3 is 2.32 bits per heavy atom. The maximum Gasteiger partial charge on any atom is 0.251 e. The molecule has 1 N–H and O–H groups in total. The van der Waals surface area contributed by atoms with Gasteiger partial charge in [0.25, 0.3) is 5.91 Å². The van der Waals surface area contributed by atoms with E-state index in [4.69, 9.17) is 11.6 Å². The predicted molar refractivity (Wildman–Crippen MR) is 82.1 cm³/mol. The second-order valence-corrected chi connectivity index (χ2v) is 5.51. The zero-order valence-corrected chi connectivity index (χ0v) is 12.7. The van der Waals surface area contributed by atoms with Crippen LogP contribution in [0.5, 0.6) is 0 Å². The molecular formula is C16H24ClNO. The molecule has 0 saturated heterocycles. The molecule has 0 aliphatic heterocycles. The van der Waals surface area contributed by atoms with Crippen molar-refractivity contribution in [2.45, 2.75) is 45.4 Å². The first kappa shape index (κ1) is 16.0. The average Bonchev–Trinajstić information content (AvgIpc) is 2.42. The van der Waals surface area contributed by atoms with E-state index in [9.17, 15) is 4.79 Å². The fraction of sp³-hybridized carbons (Fsp3) is 0.562. The minimum atomic E-state index is 0.0210. The van der Waals surface area contributed by atoms with Gasteiger partial charge in [-0.05, 0) is 36.5 Å². The quantitative estimate of drug-likeness (QED) is 0.557. The molecule has 1 amide bonds. The van der Waals surface area contributed by atoms with Gasteiger partial charge in [0.1, 0.15) is 0 Å². The summed E-state index contributed by atoms with van der Waals surface area (Å²) in [6, 6.07) is 7.86. The third kappa shape index (κ3) is 6.11. The Balaban J connectivity index is 2.29. The van der Waals surface area contributed by atoms with Crippen molar-refractivity contribution < 1.29 is 4.79 Å². The van der Waals surface area contributed by atoms with Gasteiger partial charge in [-0.25, -0.2) is 0 Å². The Kier molecular flexibility index (Phi) is 7.57. The first-order chi connectivity index (χ1) is 9.15. The molecule has 2 nitrogen and oxygen atoms in total. The number of alkyl halides is 1. The second-order valence-electron chi connectivity index (χ2n) is 5.14. The van der Waals surface area contributed by atoms with E-state index >= 15 is 0 Å². The minimum Gasteiger partial charge on any atom is -0.352 e. The van der Waals surface area contributed by atoms with E-state index in [1.165, 1.54) is 5.56 Å². The summed E-state index contributed by atoms with van der Waals surface area (Å²) in [5.74, 6) is 1.25. The van der Waals surface area contributed by atoms with Crippen LogP contribution >= 0.6 is 11.6 Å². The maximum absolute atomic E-state index is 11.9. The summed E-state index contributed by atoms with van der Waals surface area (Å²) in [5.41, 5.74) is 2.00. The Morgan fingerprint density at radius 2 is 1.74 bits per heavy atom. The lowest BCUT2D eigenvalue weighted by atomic mass is 10.0. The zero-order valence-electron chi connectivity index (χ0n) is 11.9. The largest absolute Gasteiger partial charge is 0.352 e. The molecule has 0 fully saturated rings. The van der Waals surface area contributed by atoms with Crippen LogP contribution in [-0.2, 0) is 0 Å². The van der Waals surface area contributed by atoms with Crippen molar-refractivity contribution in [2.75, 3.05) is 12.4 Å². The molecule has 0 aliphatic rings. The van der Waals surface area contributed by atoms with Crippen LogP contribution in [0.4, 0.5) is 0 Å². The Labute approximate surface area is 121 Å². The topological polar surface area (TPSA) is 29.1 Å². The molecule has 0 saturated carbocycles. The highest BCUT2D eigenvalue weighted by molar-refractivity contribution is 6.17. The number of carbonyl (C=O) groups excluding carboxylic acids is 1. The lowest BCUT2D eigenvalue weighted by molar-refractivity contribution is 0.0953. The molecule has 1 aromatic carbocycles. The SMILES string of the molecule is CC(C)c1ccc(C(=O)NCCCCCCCl)cc1. The number of benzene rings is 1. The smallest absolute Gasteiger partial charge is 0.251 e. The zero-order chi connectivity index (χ0) is 14.1. The molecule has 0 heterocycles.